The van der Waals surface area contributed by atoms with Crippen LogP contribution in [-0.4, -0.2) is 44.2 Å². The van der Waals surface area contributed by atoms with E-state index in [-0.39, 0.29) is 5.63 Å². The molecular formula is C21H24N2O3S. The Bertz CT molecular complexity index is 957. The predicted octanol–water partition coefficient (Wildman–Crippen LogP) is 3.75. The molecule has 6 heteroatoms. The summed E-state index contributed by atoms with van der Waals surface area (Å²) in [4.78, 5) is 17.7. The van der Waals surface area contributed by atoms with Crippen LogP contribution in [0.4, 0.5) is 5.69 Å². The molecule has 0 radical (unpaired) electrons. The van der Waals surface area contributed by atoms with Crippen molar-refractivity contribution in [3.05, 3.63) is 57.1 Å². The normalized spacial score (nSPS) is 15.4. The van der Waals surface area contributed by atoms with Gasteiger partial charge in [0.1, 0.15) is 11.3 Å². The SMILES string of the molecule is Cc1sccc1N1CCN(CCCOc2ccc3ccc(=O)oc3c2)CC1. The van der Waals surface area contributed by atoms with Crippen LogP contribution in [0.5, 0.6) is 5.75 Å². The lowest BCUT2D eigenvalue weighted by Crippen LogP contribution is -2.46. The number of thiophene rings is 1. The van der Waals surface area contributed by atoms with Gasteiger partial charge in [0.05, 0.1) is 12.3 Å². The number of nitrogens with zero attached hydrogens (tertiary/aromatic N) is 2. The Labute approximate surface area is 162 Å². The monoisotopic (exact) mass is 384 g/mol. The van der Waals surface area contributed by atoms with Crippen molar-refractivity contribution in [2.24, 2.45) is 0 Å². The molecule has 27 heavy (non-hydrogen) atoms. The molecule has 0 unspecified atom stereocenters. The standard InChI is InChI=1S/C21H24N2O3S/c1-16-19(7-14-27-16)23-11-9-22(10-12-23)8-2-13-25-18-5-3-17-4-6-21(24)26-20(17)15-18/h3-7,14-15H,2,8-13H2,1H3. The fraction of sp³-hybridized carbons (Fsp3) is 0.381. The summed E-state index contributed by atoms with van der Waals surface area (Å²) in [5.41, 5.74) is 1.63. The van der Waals surface area contributed by atoms with Crippen LogP contribution < -0.4 is 15.3 Å². The molecule has 2 aromatic heterocycles. The lowest BCUT2D eigenvalue weighted by Gasteiger charge is -2.36. The average molecular weight is 385 g/mol. The third kappa shape index (κ3) is 4.34. The van der Waals surface area contributed by atoms with Crippen LogP contribution in [0, 0.1) is 6.92 Å². The van der Waals surface area contributed by atoms with Crippen molar-refractivity contribution in [3.63, 3.8) is 0 Å². The molecule has 3 heterocycles. The van der Waals surface area contributed by atoms with E-state index >= 15 is 0 Å². The molecule has 1 fully saturated rings. The van der Waals surface area contributed by atoms with Gasteiger partial charge in [-0.15, -0.1) is 11.3 Å². The summed E-state index contributed by atoms with van der Waals surface area (Å²) >= 11 is 1.82. The second-order valence-electron chi connectivity index (χ2n) is 6.85. The Morgan fingerprint density at radius 3 is 2.70 bits per heavy atom. The van der Waals surface area contributed by atoms with E-state index < -0.39 is 0 Å². The molecule has 0 saturated carbocycles. The summed E-state index contributed by atoms with van der Waals surface area (Å²) in [5.74, 6) is 0.745. The quantitative estimate of drug-likeness (QED) is 0.478. The number of rotatable bonds is 6. The summed E-state index contributed by atoms with van der Waals surface area (Å²) in [5, 5.41) is 3.08. The van der Waals surface area contributed by atoms with Gasteiger partial charge in [0.15, 0.2) is 0 Å². The highest BCUT2D eigenvalue weighted by Crippen LogP contribution is 2.26. The minimum atomic E-state index is -0.337. The van der Waals surface area contributed by atoms with Crippen LogP contribution in [0.1, 0.15) is 11.3 Å². The third-order valence-electron chi connectivity index (χ3n) is 5.03. The molecule has 3 aromatic rings. The van der Waals surface area contributed by atoms with E-state index in [0.29, 0.717) is 12.2 Å². The van der Waals surface area contributed by atoms with Gasteiger partial charge in [-0.05, 0) is 43.0 Å². The van der Waals surface area contributed by atoms with Crippen LogP contribution in [0.3, 0.4) is 0 Å². The van der Waals surface area contributed by atoms with Crippen LogP contribution >= 0.6 is 11.3 Å². The Morgan fingerprint density at radius 1 is 1.11 bits per heavy atom. The molecule has 5 nitrogen and oxygen atoms in total. The molecule has 0 bridgehead atoms. The fourth-order valence-corrected chi connectivity index (χ4v) is 4.25. The molecular weight excluding hydrogens is 360 g/mol. The van der Waals surface area contributed by atoms with E-state index in [9.17, 15) is 4.79 Å². The summed E-state index contributed by atoms with van der Waals surface area (Å²) in [6.07, 6.45) is 0.980. The van der Waals surface area contributed by atoms with Crippen LogP contribution in [0.25, 0.3) is 11.0 Å². The Kier molecular flexibility index (Phi) is 5.45. The summed E-state index contributed by atoms with van der Waals surface area (Å²) < 4.78 is 11.0. The Balaban J connectivity index is 1.22. The van der Waals surface area contributed by atoms with E-state index in [1.165, 1.54) is 16.6 Å². The molecule has 1 aliphatic rings. The summed E-state index contributed by atoms with van der Waals surface area (Å²) in [6.45, 7) is 8.25. The van der Waals surface area contributed by atoms with Gasteiger partial charge < -0.3 is 14.1 Å². The molecule has 0 atom stereocenters. The second kappa shape index (κ2) is 8.15. The molecule has 1 aliphatic heterocycles. The number of hydrogen-bond donors (Lipinski definition) is 0. The largest absolute Gasteiger partial charge is 0.493 e. The Hall–Kier alpha value is -2.31. The van der Waals surface area contributed by atoms with E-state index in [4.69, 9.17) is 9.15 Å². The van der Waals surface area contributed by atoms with Gasteiger partial charge >= 0.3 is 5.63 Å². The highest BCUT2D eigenvalue weighted by atomic mass is 32.1. The maximum absolute atomic E-state index is 11.3. The first-order valence-electron chi connectivity index (χ1n) is 9.37. The van der Waals surface area contributed by atoms with Gasteiger partial charge in [0.2, 0.25) is 0 Å². The molecule has 1 aromatic carbocycles. The third-order valence-corrected chi connectivity index (χ3v) is 5.86. The van der Waals surface area contributed by atoms with Crippen molar-refractivity contribution < 1.29 is 9.15 Å². The number of piperazine rings is 1. The summed E-state index contributed by atoms with van der Waals surface area (Å²) in [6, 6.07) is 11.1. The molecule has 4 rings (SSSR count). The highest BCUT2D eigenvalue weighted by molar-refractivity contribution is 7.10. The fourth-order valence-electron chi connectivity index (χ4n) is 3.53. The van der Waals surface area contributed by atoms with Crippen molar-refractivity contribution in [2.45, 2.75) is 13.3 Å². The van der Waals surface area contributed by atoms with Crippen LogP contribution in [0.15, 0.2) is 51.0 Å². The first-order chi connectivity index (χ1) is 13.2. The van der Waals surface area contributed by atoms with Gasteiger partial charge in [0, 0.05) is 55.1 Å². The topological polar surface area (TPSA) is 45.9 Å². The van der Waals surface area contributed by atoms with Crippen molar-refractivity contribution in [2.75, 3.05) is 44.2 Å². The van der Waals surface area contributed by atoms with Crippen molar-refractivity contribution in [3.8, 4) is 5.75 Å². The van der Waals surface area contributed by atoms with Gasteiger partial charge in [0.25, 0.3) is 0 Å². The number of ether oxygens (including phenoxy) is 1. The predicted molar refractivity (Wildman–Crippen MR) is 110 cm³/mol. The number of aryl methyl sites for hydroxylation is 1. The van der Waals surface area contributed by atoms with Gasteiger partial charge in [-0.1, -0.05) is 0 Å². The van der Waals surface area contributed by atoms with Gasteiger partial charge in [-0.2, -0.15) is 0 Å². The zero-order valence-corrected chi connectivity index (χ0v) is 16.3. The lowest BCUT2D eigenvalue weighted by atomic mass is 10.2. The van der Waals surface area contributed by atoms with E-state index in [1.54, 1.807) is 12.1 Å². The maximum atomic E-state index is 11.3. The number of fused-ring (bicyclic) bond motifs is 1. The number of hydrogen-bond acceptors (Lipinski definition) is 6. The van der Waals surface area contributed by atoms with Crippen LogP contribution in [0.2, 0.25) is 0 Å². The van der Waals surface area contributed by atoms with Gasteiger partial charge in [-0.25, -0.2) is 4.79 Å². The van der Waals surface area contributed by atoms with E-state index in [2.05, 4.69) is 28.2 Å². The van der Waals surface area contributed by atoms with E-state index in [1.807, 2.05) is 23.5 Å². The zero-order valence-electron chi connectivity index (χ0n) is 15.5. The molecule has 142 valence electrons. The van der Waals surface area contributed by atoms with Crippen LogP contribution in [-0.2, 0) is 0 Å². The summed E-state index contributed by atoms with van der Waals surface area (Å²) in [7, 11) is 0. The van der Waals surface area contributed by atoms with Crippen molar-refractivity contribution in [1.82, 2.24) is 4.90 Å². The Morgan fingerprint density at radius 2 is 1.93 bits per heavy atom. The molecule has 0 N–H and O–H groups in total. The average Bonchev–Trinajstić information content (AvgIpc) is 3.11. The minimum Gasteiger partial charge on any atom is -0.493 e. The van der Waals surface area contributed by atoms with Crippen molar-refractivity contribution in [1.29, 1.82) is 0 Å². The minimum absolute atomic E-state index is 0.337. The first-order valence-corrected chi connectivity index (χ1v) is 10.3. The smallest absolute Gasteiger partial charge is 0.336 e. The molecule has 0 spiro atoms. The van der Waals surface area contributed by atoms with Gasteiger partial charge in [-0.3, -0.25) is 4.90 Å². The lowest BCUT2D eigenvalue weighted by molar-refractivity contribution is 0.225. The maximum Gasteiger partial charge on any atom is 0.336 e. The highest BCUT2D eigenvalue weighted by Gasteiger charge is 2.18. The molecule has 0 amide bonds. The first kappa shape index (κ1) is 18.1. The van der Waals surface area contributed by atoms with Crippen molar-refractivity contribution >= 4 is 28.0 Å². The number of anilines is 1. The van der Waals surface area contributed by atoms with E-state index in [0.717, 1.165) is 50.3 Å². The molecule has 0 aliphatic carbocycles. The second-order valence-corrected chi connectivity index (χ2v) is 7.97. The zero-order chi connectivity index (χ0) is 18.6. The number of benzene rings is 1. The molecule has 1 saturated heterocycles.